The second kappa shape index (κ2) is 5.38. The summed E-state index contributed by atoms with van der Waals surface area (Å²) in [6.45, 7) is 4.94. The van der Waals surface area contributed by atoms with Gasteiger partial charge in [-0.3, -0.25) is 9.47 Å². The van der Waals surface area contributed by atoms with Crippen molar-refractivity contribution < 1.29 is 9.52 Å². The van der Waals surface area contributed by atoms with Crippen LogP contribution in [0.2, 0.25) is 0 Å². The lowest BCUT2D eigenvalue weighted by atomic mass is 9.96. The third kappa shape index (κ3) is 2.48. The van der Waals surface area contributed by atoms with E-state index in [2.05, 4.69) is 16.8 Å². The fraction of sp³-hybridized carbons (Fsp3) is 0.571. The van der Waals surface area contributed by atoms with E-state index in [4.69, 9.17) is 4.42 Å². The normalized spacial score (nSPS) is 24.3. The number of aliphatic hydroxyl groups is 1. The number of rotatable bonds is 3. The van der Waals surface area contributed by atoms with Gasteiger partial charge >= 0.3 is 5.76 Å². The SMILES string of the molecule is CC1CCN(CCn2c(=O)oc3cccnc32)CC1O. The van der Waals surface area contributed by atoms with Crippen LogP contribution in [0.1, 0.15) is 13.3 Å². The molecule has 6 heteroatoms. The largest absolute Gasteiger partial charge is 0.421 e. The van der Waals surface area contributed by atoms with Crippen molar-refractivity contribution in [1.29, 1.82) is 0 Å². The zero-order valence-electron chi connectivity index (χ0n) is 11.5. The van der Waals surface area contributed by atoms with Crippen molar-refractivity contribution in [3.8, 4) is 0 Å². The van der Waals surface area contributed by atoms with Crippen molar-refractivity contribution in [3.05, 3.63) is 28.9 Å². The van der Waals surface area contributed by atoms with Crippen molar-refractivity contribution >= 4 is 11.2 Å². The highest BCUT2D eigenvalue weighted by atomic mass is 16.4. The molecule has 3 rings (SSSR count). The van der Waals surface area contributed by atoms with Crippen LogP contribution < -0.4 is 5.76 Å². The molecule has 0 aromatic carbocycles. The van der Waals surface area contributed by atoms with Crippen molar-refractivity contribution in [2.24, 2.45) is 5.92 Å². The summed E-state index contributed by atoms with van der Waals surface area (Å²) in [5.74, 6) is -0.0185. The molecule has 2 atom stereocenters. The first-order valence-electron chi connectivity index (χ1n) is 7.00. The molecule has 0 spiro atoms. The Balaban J connectivity index is 1.71. The van der Waals surface area contributed by atoms with Gasteiger partial charge in [0.1, 0.15) is 0 Å². The third-order valence-corrected chi connectivity index (χ3v) is 4.07. The van der Waals surface area contributed by atoms with Crippen LogP contribution in [0, 0.1) is 5.92 Å². The topological polar surface area (TPSA) is 71.5 Å². The van der Waals surface area contributed by atoms with Gasteiger partial charge in [0.15, 0.2) is 11.2 Å². The minimum Gasteiger partial charge on any atom is -0.406 e. The Labute approximate surface area is 116 Å². The van der Waals surface area contributed by atoms with Crippen molar-refractivity contribution in [2.75, 3.05) is 19.6 Å². The first-order chi connectivity index (χ1) is 9.65. The van der Waals surface area contributed by atoms with Gasteiger partial charge < -0.3 is 9.52 Å². The van der Waals surface area contributed by atoms with E-state index in [1.807, 2.05) is 0 Å². The lowest BCUT2D eigenvalue weighted by Gasteiger charge is -2.34. The second-order valence-electron chi connectivity index (χ2n) is 5.48. The lowest BCUT2D eigenvalue weighted by molar-refractivity contribution is 0.0279. The number of hydrogen-bond donors (Lipinski definition) is 1. The van der Waals surface area contributed by atoms with E-state index in [1.54, 1.807) is 22.9 Å². The molecule has 6 nitrogen and oxygen atoms in total. The quantitative estimate of drug-likeness (QED) is 0.894. The Morgan fingerprint density at radius 1 is 1.50 bits per heavy atom. The van der Waals surface area contributed by atoms with E-state index in [0.29, 0.717) is 30.2 Å². The standard InChI is InChI=1S/C14H19N3O3/c1-10-4-6-16(9-11(10)18)7-8-17-13-12(20-14(17)19)3-2-5-15-13/h2-3,5,10-11,18H,4,6-9H2,1H3. The summed E-state index contributed by atoms with van der Waals surface area (Å²) < 4.78 is 6.71. The smallest absolute Gasteiger partial charge is 0.406 e. The summed E-state index contributed by atoms with van der Waals surface area (Å²) in [5.41, 5.74) is 1.10. The van der Waals surface area contributed by atoms with Crippen LogP contribution in [0.15, 0.2) is 27.5 Å². The lowest BCUT2D eigenvalue weighted by Crippen LogP contribution is -2.44. The summed E-state index contributed by atoms with van der Waals surface area (Å²) in [6.07, 6.45) is 2.36. The number of aliphatic hydroxyl groups excluding tert-OH is 1. The monoisotopic (exact) mass is 277 g/mol. The molecular formula is C14H19N3O3. The summed E-state index contributed by atoms with van der Waals surface area (Å²) in [6, 6.07) is 3.49. The first kappa shape index (κ1) is 13.3. The maximum atomic E-state index is 11.8. The molecule has 0 amide bonds. The third-order valence-electron chi connectivity index (χ3n) is 4.07. The molecule has 1 fully saturated rings. The molecule has 3 heterocycles. The van der Waals surface area contributed by atoms with Gasteiger partial charge in [-0.25, -0.2) is 9.78 Å². The molecule has 0 aliphatic carbocycles. The van der Waals surface area contributed by atoms with E-state index in [-0.39, 0.29) is 11.9 Å². The second-order valence-corrected chi connectivity index (χ2v) is 5.48. The summed E-state index contributed by atoms with van der Waals surface area (Å²) in [4.78, 5) is 18.2. The van der Waals surface area contributed by atoms with E-state index in [1.165, 1.54) is 0 Å². The molecule has 1 aliphatic rings. The molecule has 2 aromatic heterocycles. The van der Waals surface area contributed by atoms with E-state index < -0.39 is 0 Å². The number of nitrogens with zero attached hydrogens (tertiary/aromatic N) is 3. The molecule has 0 bridgehead atoms. The minimum absolute atomic E-state index is 0.278. The van der Waals surface area contributed by atoms with Gasteiger partial charge in [0, 0.05) is 25.8 Å². The van der Waals surface area contributed by atoms with Gasteiger partial charge in [0.05, 0.1) is 6.10 Å². The molecule has 20 heavy (non-hydrogen) atoms. The van der Waals surface area contributed by atoms with Gasteiger partial charge in [0.2, 0.25) is 0 Å². The molecule has 108 valence electrons. The summed E-state index contributed by atoms with van der Waals surface area (Å²) in [5, 5.41) is 9.89. The highest BCUT2D eigenvalue weighted by Crippen LogP contribution is 2.17. The van der Waals surface area contributed by atoms with Crippen LogP contribution in [-0.2, 0) is 6.54 Å². The summed E-state index contributed by atoms with van der Waals surface area (Å²) in [7, 11) is 0. The van der Waals surface area contributed by atoms with Crippen LogP contribution in [0.25, 0.3) is 11.2 Å². The molecule has 2 unspecified atom stereocenters. The molecule has 2 aromatic rings. The molecule has 0 saturated carbocycles. The van der Waals surface area contributed by atoms with Crippen LogP contribution in [-0.4, -0.2) is 45.3 Å². The molecule has 1 N–H and O–H groups in total. The Hall–Kier alpha value is -1.66. The Morgan fingerprint density at radius 2 is 2.35 bits per heavy atom. The summed E-state index contributed by atoms with van der Waals surface area (Å²) >= 11 is 0. The Kier molecular flexibility index (Phi) is 3.58. The number of fused-ring (bicyclic) bond motifs is 1. The zero-order chi connectivity index (χ0) is 14.1. The predicted octanol–water partition coefficient (Wildman–Crippen LogP) is 0.692. The van der Waals surface area contributed by atoms with Gasteiger partial charge in [-0.1, -0.05) is 6.92 Å². The number of hydrogen-bond acceptors (Lipinski definition) is 5. The maximum absolute atomic E-state index is 11.8. The number of pyridine rings is 1. The average Bonchev–Trinajstić information content (AvgIpc) is 2.76. The van der Waals surface area contributed by atoms with Crippen LogP contribution in [0.4, 0.5) is 0 Å². The molecule has 1 saturated heterocycles. The highest BCUT2D eigenvalue weighted by molar-refractivity contribution is 5.67. The average molecular weight is 277 g/mol. The van der Waals surface area contributed by atoms with Crippen LogP contribution in [0.3, 0.4) is 0 Å². The zero-order valence-corrected chi connectivity index (χ0v) is 11.5. The minimum atomic E-state index is -0.371. The van der Waals surface area contributed by atoms with E-state index in [0.717, 1.165) is 19.5 Å². The predicted molar refractivity (Wildman–Crippen MR) is 74.5 cm³/mol. The van der Waals surface area contributed by atoms with E-state index >= 15 is 0 Å². The van der Waals surface area contributed by atoms with Gasteiger partial charge in [-0.15, -0.1) is 0 Å². The Morgan fingerprint density at radius 3 is 3.15 bits per heavy atom. The first-order valence-corrected chi connectivity index (χ1v) is 7.00. The molecular weight excluding hydrogens is 258 g/mol. The number of likely N-dealkylation sites (tertiary alicyclic amines) is 1. The number of β-amino-alcohol motifs (C(OH)–C–C–N with tert-alkyl or cyclic N) is 1. The molecule has 0 radical (unpaired) electrons. The fourth-order valence-corrected chi connectivity index (χ4v) is 2.66. The maximum Gasteiger partial charge on any atom is 0.421 e. The number of piperidine rings is 1. The number of aromatic nitrogens is 2. The fourth-order valence-electron chi connectivity index (χ4n) is 2.66. The Bertz CT molecular complexity index is 648. The van der Waals surface area contributed by atoms with Gasteiger partial charge in [-0.2, -0.15) is 0 Å². The van der Waals surface area contributed by atoms with E-state index in [9.17, 15) is 9.90 Å². The van der Waals surface area contributed by atoms with Gasteiger partial charge in [-0.05, 0) is 31.0 Å². The van der Waals surface area contributed by atoms with Crippen LogP contribution in [0.5, 0.6) is 0 Å². The van der Waals surface area contributed by atoms with Crippen molar-refractivity contribution in [2.45, 2.75) is 26.0 Å². The van der Waals surface area contributed by atoms with Crippen molar-refractivity contribution in [3.63, 3.8) is 0 Å². The van der Waals surface area contributed by atoms with Crippen LogP contribution >= 0.6 is 0 Å². The van der Waals surface area contributed by atoms with Crippen molar-refractivity contribution in [1.82, 2.24) is 14.5 Å². The number of oxazole rings is 1. The van der Waals surface area contributed by atoms with Gasteiger partial charge in [0.25, 0.3) is 0 Å². The molecule has 1 aliphatic heterocycles. The highest BCUT2D eigenvalue weighted by Gasteiger charge is 2.24.